The standard InChI is InChI=1S/C14H14F4N2S/c1-8-7-21-13(20-8)6-12(19-2)9-3-4-10(11(15)5-9)14(16,17)18/h3-5,7,12,19H,6H2,1-2H3. The Kier molecular flexibility index (Phi) is 4.63. The van der Waals surface area contributed by atoms with Gasteiger partial charge in [-0.05, 0) is 31.7 Å². The molecule has 1 aromatic carbocycles. The summed E-state index contributed by atoms with van der Waals surface area (Å²) in [5, 5.41) is 5.73. The summed E-state index contributed by atoms with van der Waals surface area (Å²) in [5.74, 6) is -1.25. The number of likely N-dealkylation sites (N-methyl/N-ethyl adjacent to an activating group) is 1. The van der Waals surface area contributed by atoms with Gasteiger partial charge in [0.05, 0.1) is 10.6 Å². The maximum Gasteiger partial charge on any atom is 0.419 e. The van der Waals surface area contributed by atoms with E-state index < -0.39 is 17.6 Å². The zero-order valence-corrected chi connectivity index (χ0v) is 12.3. The van der Waals surface area contributed by atoms with E-state index in [-0.39, 0.29) is 6.04 Å². The van der Waals surface area contributed by atoms with Gasteiger partial charge in [-0.1, -0.05) is 6.07 Å². The third-order valence-electron chi connectivity index (χ3n) is 3.09. The first-order valence-corrected chi connectivity index (χ1v) is 7.14. The predicted molar refractivity (Wildman–Crippen MR) is 73.8 cm³/mol. The number of hydrogen-bond acceptors (Lipinski definition) is 3. The van der Waals surface area contributed by atoms with E-state index in [9.17, 15) is 17.6 Å². The van der Waals surface area contributed by atoms with Crippen LogP contribution in [0.5, 0.6) is 0 Å². The van der Waals surface area contributed by atoms with Gasteiger partial charge in [-0.25, -0.2) is 9.37 Å². The zero-order chi connectivity index (χ0) is 15.6. The van der Waals surface area contributed by atoms with E-state index in [4.69, 9.17) is 0 Å². The minimum absolute atomic E-state index is 0.285. The Bertz CT molecular complexity index is 622. The Labute approximate surface area is 123 Å². The summed E-state index contributed by atoms with van der Waals surface area (Å²) in [6.45, 7) is 1.87. The number of benzene rings is 1. The third-order valence-corrected chi connectivity index (χ3v) is 4.08. The van der Waals surface area contributed by atoms with Crippen LogP contribution in [0.4, 0.5) is 17.6 Å². The molecular formula is C14H14F4N2S. The Hall–Kier alpha value is -1.47. The lowest BCUT2D eigenvalue weighted by Crippen LogP contribution is -2.19. The molecule has 0 radical (unpaired) electrons. The Balaban J connectivity index is 2.24. The van der Waals surface area contributed by atoms with Crippen molar-refractivity contribution in [2.75, 3.05) is 7.05 Å². The van der Waals surface area contributed by atoms with Gasteiger partial charge in [0.2, 0.25) is 0 Å². The number of alkyl halides is 3. The molecule has 0 amide bonds. The lowest BCUT2D eigenvalue weighted by Gasteiger charge is -2.17. The van der Waals surface area contributed by atoms with Gasteiger partial charge < -0.3 is 5.32 Å². The van der Waals surface area contributed by atoms with Crippen LogP contribution in [0.25, 0.3) is 0 Å². The molecule has 2 nitrogen and oxygen atoms in total. The van der Waals surface area contributed by atoms with Gasteiger partial charge in [-0.2, -0.15) is 13.2 Å². The normalized spacial score (nSPS) is 13.4. The van der Waals surface area contributed by atoms with Gasteiger partial charge in [0, 0.05) is 23.5 Å². The molecule has 21 heavy (non-hydrogen) atoms. The Morgan fingerprint density at radius 2 is 2.05 bits per heavy atom. The maximum atomic E-state index is 13.6. The number of halogens is 4. The van der Waals surface area contributed by atoms with Crippen LogP contribution in [0.1, 0.15) is 27.9 Å². The first-order chi connectivity index (χ1) is 9.81. The van der Waals surface area contributed by atoms with Crippen LogP contribution in [0.3, 0.4) is 0 Å². The molecule has 1 heterocycles. The van der Waals surface area contributed by atoms with Gasteiger partial charge in [-0.3, -0.25) is 0 Å². The molecule has 0 saturated heterocycles. The van der Waals surface area contributed by atoms with Gasteiger partial charge in [0.1, 0.15) is 5.82 Å². The average molecular weight is 318 g/mol. The molecule has 1 N–H and O–H groups in total. The van der Waals surface area contributed by atoms with E-state index >= 15 is 0 Å². The average Bonchev–Trinajstić information content (AvgIpc) is 2.80. The summed E-state index contributed by atoms with van der Waals surface area (Å²) in [7, 11) is 1.68. The Morgan fingerprint density at radius 1 is 1.33 bits per heavy atom. The Morgan fingerprint density at radius 3 is 2.52 bits per heavy atom. The number of nitrogens with one attached hydrogen (secondary N) is 1. The van der Waals surface area contributed by atoms with E-state index in [2.05, 4.69) is 10.3 Å². The quantitative estimate of drug-likeness (QED) is 0.858. The first-order valence-electron chi connectivity index (χ1n) is 6.26. The topological polar surface area (TPSA) is 24.9 Å². The molecule has 0 aliphatic heterocycles. The molecule has 1 atom stereocenters. The molecule has 0 aliphatic carbocycles. The monoisotopic (exact) mass is 318 g/mol. The van der Waals surface area contributed by atoms with E-state index in [1.165, 1.54) is 17.4 Å². The highest BCUT2D eigenvalue weighted by Crippen LogP contribution is 2.33. The van der Waals surface area contributed by atoms with Gasteiger partial charge in [0.15, 0.2) is 0 Å². The molecule has 0 spiro atoms. The smallest absolute Gasteiger partial charge is 0.313 e. The number of hydrogen-bond donors (Lipinski definition) is 1. The molecule has 2 aromatic rings. The summed E-state index contributed by atoms with van der Waals surface area (Å²) < 4.78 is 51.3. The zero-order valence-electron chi connectivity index (χ0n) is 11.5. The van der Waals surface area contributed by atoms with Crippen molar-refractivity contribution in [2.24, 2.45) is 0 Å². The van der Waals surface area contributed by atoms with Gasteiger partial charge in [0.25, 0.3) is 0 Å². The number of nitrogens with zero attached hydrogens (tertiary/aromatic N) is 1. The van der Waals surface area contributed by atoms with Crippen molar-refractivity contribution in [3.05, 3.63) is 51.2 Å². The second kappa shape index (κ2) is 6.11. The van der Waals surface area contributed by atoms with Crippen LogP contribution in [0.15, 0.2) is 23.6 Å². The van der Waals surface area contributed by atoms with Crippen LogP contribution in [0.2, 0.25) is 0 Å². The highest BCUT2D eigenvalue weighted by Gasteiger charge is 2.34. The van der Waals surface area contributed by atoms with Crippen LogP contribution in [-0.2, 0) is 12.6 Å². The SMILES string of the molecule is CNC(Cc1nc(C)cs1)c1ccc(C(F)(F)F)c(F)c1. The van der Waals surface area contributed by atoms with Crippen molar-refractivity contribution in [2.45, 2.75) is 25.6 Å². The second-order valence-electron chi connectivity index (χ2n) is 4.67. The first kappa shape index (κ1) is 15.9. The minimum Gasteiger partial charge on any atom is -0.313 e. The minimum atomic E-state index is -4.68. The molecule has 0 fully saturated rings. The number of rotatable bonds is 4. The highest BCUT2D eigenvalue weighted by molar-refractivity contribution is 7.09. The molecular weight excluding hydrogens is 304 g/mol. The molecule has 7 heteroatoms. The van der Waals surface area contributed by atoms with Crippen molar-refractivity contribution in [1.29, 1.82) is 0 Å². The van der Waals surface area contributed by atoms with Crippen LogP contribution in [-0.4, -0.2) is 12.0 Å². The molecule has 0 aliphatic rings. The van der Waals surface area contributed by atoms with Crippen molar-refractivity contribution in [1.82, 2.24) is 10.3 Å². The third kappa shape index (κ3) is 3.79. The fourth-order valence-electron chi connectivity index (χ4n) is 2.04. The molecule has 2 rings (SSSR count). The van der Waals surface area contributed by atoms with Gasteiger partial charge in [-0.15, -0.1) is 11.3 Å². The fourth-order valence-corrected chi connectivity index (χ4v) is 2.85. The maximum absolute atomic E-state index is 13.6. The van der Waals surface area contributed by atoms with Crippen LogP contribution >= 0.6 is 11.3 Å². The summed E-state index contributed by atoms with van der Waals surface area (Å²) in [4.78, 5) is 4.31. The van der Waals surface area contributed by atoms with E-state index in [1.807, 2.05) is 12.3 Å². The lowest BCUT2D eigenvalue weighted by atomic mass is 10.0. The molecule has 1 aromatic heterocycles. The van der Waals surface area contributed by atoms with Crippen LogP contribution < -0.4 is 5.32 Å². The molecule has 0 saturated carbocycles. The fraction of sp³-hybridized carbons (Fsp3) is 0.357. The predicted octanol–water partition coefficient (Wildman–Crippen LogP) is 4.11. The largest absolute Gasteiger partial charge is 0.419 e. The highest BCUT2D eigenvalue weighted by atomic mass is 32.1. The summed E-state index contributed by atoms with van der Waals surface area (Å²) in [6.07, 6.45) is -4.18. The summed E-state index contributed by atoms with van der Waals surface area (Å²) in [6, 6.07) is 2.73. The summed E-state index contributed by atoms with van der Waals surface area (Å²) >= 11 is 1.47. The number of thiazole rings is 1. The van der Waals surface area contributed by atoms with E-state index in [0.29, 0.717) is 12.0 Å². The molecule has 0 bridgehead atoms. The lowest BCUT2D eigenvalue weighted by molar-refractivity contribution is -0.140. The van der Waals surface area contributed by atoms with Crippen LogP contribution in [0, 0.1) is 12.7 Å². The van der Waals surface area contributed by atoms with Gasteiger partial charge >= 0.3 is 6.18 Å². The van der Waals surface area contributed by atoms with Crippen molar-refractivity contribution in [3.63, 3.8) is 0 Å². The van der Waals surface area contributed by atoms with E-state index in [1.54, 1.807) is 7.05 Å². The number of aromatic nitrogens is 1. The van der Waals surface area contributed by atoms with Crippen molar-refractivity contribution in [3.8, 4) is 0 Å². The molecule has 1 unspecified atom stereocenters. The van der Waals surface area contributed by atoms with Crippen molar-refractivity contribution >= 4 is 11.3 Å². The number of aryl methyl sites for hydroxylation is 1. The second-order valence-corrected chi connectivity index (χ2v) is 5.61. The summed E-state index contributed by atoms with van der Waals surface area (Å²) in [5.41, 5.74) is 0.116. The van der Waals surface area contributed by atoms with Crippen molar-refractivity contribution < 1.29 is 17.6 Å². The molecule has 114 valence electrons. The van der Waals surface area contributed by atoms with E-state index in [0.717, 1.165) is 22.8 Å².